The van der Waals surface area contributed by atoms with Crippen LogP contribution in [0.1, 0.15) is 25.3 Å². The van der Waals surface area contributed by atoms with E-state index in [0.29, 0.717) is 39.3 Å². The Kier molecular flexibility index (Phi) is 6.67. The summed E-state index contributed by atoms with van der Waals surface area (Å²) in [6.07, 6.45) is 1.11. The number of hydrogen-bond donors (Lipinski definition) is 1. The van der Waals surface area contributed by atoms with Crippen molar-refractivity contribution < 1.29 is 14.4 Å². The molecule has 2 aliphatic heterocycles. The second-order valence-corrected chi connectivity index (χ2v) is 7.65. The minimum Gasteiger partial charge on any atom is -0.355 e. The van der Waals surface area contributed by atoms with E-state index in [0.717, 1.165) is 24.2 Å². The van der Waals surface area contributed by atoms with Crippen LogP contribution < -0.4 is 10.2 Å². The second kappa shape index (κ2) is 9.19. The van der Waals surface area contributed by atoms with E-state index in [9.17, 15) is 14.4 Å². The molecule has 28 heavy (non-hydrogen) atoms. The van der Waals surface area contributed by atoms with Gasteiger partial charge in [0.15, 0.2) is 0 Å². The smallest absolute Gasteiger partial charge is 0.234 e. The molecule has 2 saturated heterocycles. The molecule has 0 spiro atoms. The fourth-order valence-corrected chi connectivity index (χ4v) is 3.91. The molecule has 0 radical (unpaired) electrons. The maximum absolute atomic E-state index is 13.0. The average Bonchev–Trinajstić information content (AvgIpc) is 2.91. The normalized spacial score (nSPS) is 20.9. The van der Waals surface area contributed by atoms with Crippen molar-refractivity contribution in [2.75, 3.05) is 50.7 Å². The molecule has 1 aromatic carbocycles. The van der Waals surface area contributed by atoms with Crippen LogP contribution in [-0.2, 0) is 14.4 Å². The van der Waals surface area contributed by atoms with Gasteiger partial charge in [-0.25, -0.2) is 0 Å². The van der Waals surface area contributed by atoms with Gasteiger partial charge in [-0.05, 0) is 32.4 Å². The van der Waals surface area contributed by atoms with Gasteiger partial charge in [-0.3, -0.25) is 19.3 Å². The standard InChI is InChI=1S/C21H30N4O3/c1-3-22-19(26)15-23-9-4-10-24(12-11-23)21(28)17-13-20(27)25(14-17)18-7-5-16(2)6-8-18/h5-8,17H,3-4,9-15H2,1-2H3,(H,22,26). The lowest BCUT2D eigenvalue weighted by Crippen LogP contribution is -2.41. The van der Waals surface area contributed by atoms with Crippen LogP contribution in [0.4, 0.5) is 5.69 Å². The van der Waals surface area contributed by atoms with Crippen LogP contribution in [-0.4, -0.2) is 73.3 Å². The molecule has 0 aromatic heterocycles. The summed E-state index contributed by atoms with van der Waals surface area (Å²) in [5.74, 6) is -0.196. The summed E-state index contributed by atoms with van der Waals surface area (Å²) in [6, 6.07) is 7.84. The van der Waals surface area contributed by atoms with E-state index in [1.165, 1.54) is 0 Å². The number of nitrogens with one attached hydrogen (secondary N) is 1. The van der Waals surface area contributed by atoms with Crippen LogP contribution in [0.25, 0.3) is 0 Å². The highest BCUT2D eigenvalue weighted by Crippen LogP contribution is 2.27. The molecular weight excluding hydrogens is 356 g/mol. The van der Waals surface area contributed by atoms with Crippen molar-refractivity contribution in [2.24, 2.45) is 5.92 Å². The molecule has 7 heteroatoms. The molecule has 1 atom stereocenters. The zero-order valence-electron chi connectivity index (χ0n) is 16.8. The Morgan fingerprint density at radius 3 is 2.57 bits per heavy atom. The largest absolute Gasteiger partial charge is 0.355 e. The van der Waals surface area contributed by atoms with Crippen LogP contribution in [0.2, 0.25) is 0 Å². The van der Waals surface area contributed by atoms with Crippen LogP contribution in [0.15, 0.2) is 24.3 Å². The van der Waals surface area contributed by atoms with Gasteiger partial charge in [-0.2, -0.15) is 0 Å². The highest BCUT2D eigenvalue weighted by atomic mass is 16.2. The van der Waals surface area contributed by atoms with E-state index in [2.05, 4.69) is 10.2 Å². The predicted octanol–water partition coefficient (Wildman–Crippen LogP) is 1.02. The number of amides is 3. The highest BCUT2D eigenvalue weighted by Gasteiger charge is 2.37. The third-order valence-corrected chi connectivity index (χ3v) is 5.46. The number of aryl methyl sites for hydroxylation is 1. The molecule has 1 aromatic rings. The van der Waals surface area contributed by atoms with Gasteiger partial charge in [0, 0.05) is 51.4 Å². The van der Waals surface area contributed by atoms with Crippen LogP contribution in [0, 0.1) is 12.8 Å². The van der Waals surface area contributed by atoms with Crippen LogP contribution >= 0.6 is 0 Å². The summed E-state index contributed by atoms with van der Waals surface area (Å²) < 4.78 is 0. The molecule has 1 unspecified atom stereocenters. The first-order valence-corrected chi connectivity index (χ1v) is 10.1. The van der Waals surface area contributed by atoms with Crippen LogP contribution in [0.3, 0.4) is 0 Å². The molecule has 0 bridgehead atoms. The Balaban J connectivity index is 1.56. The topological polar surface area (TPSA) is 73.0 Å². The second-order valence-electron chi connectivity index (χ2n) is 7.65. The first-order valence-electron chi connectivity index (χ1n) is 10.1. The Hall–Kier alpha value is -2.41. The van der Waals surface area contributed by atoms with E-state index in [1.807, 2.05) is 43.0 Å². The van der Waals surface area contributed by atoms with Crippen molar-refractivity contribution in [1.82, 2.24) is 15.1 Å². The van der Waals surface area contributed by atoms with Gasteiger partial charge in [0.1, 0.15) is 0 Å². The first-order chi connectivity index (χ1) is 13.5. The summed E-state index contributed by atoms with van der Waals surface area (Å²) in [7, 11) is 0. The number of rotatable bonds is 5. The van der Waals surface area contributed by atoms with Crippen LogP contribution in [0.5, 0.6) is 0 Å². The van der Waals surface area contributed by atoms with Crippen molar-refractivity contribution >= 4 is 23.4 Å². The zero-order chi connectivity index (χ0) is 20.1. The molecule has 2 fully saturated rings. The summed E-state index contributed by atoms with van der Waals surface area (Å²) >= 11 is 0. The third kappa shape index (κ3) is 4.90. The van der Waals surface area contributed by atoms with Crippen molar-refractivity contribution in [3.05, 3.63) is 29.8 Å². The Bertz CT molecular complexity index is 719. The van der Waals surface area contributed by atoms with Gasteiger partial charge >= 0.3 is 0 Å². The van der Waals surface area contributed by atoms with Gasteiger partial charge in [-0.15, -0.1) is 0 Å². The van der Waals surface area contributed by atoms with E-state index in [1.54, 1.807) is 4.90 Å². The molecule has 7 nitrogen and oxygen atoms in total. The third-order valence-electron chi connectivity index (χ3n) is 5.46. The summed E-state index contributed by atoms with van der Waals surface area (Å²) in [5.41, 5.74) is 2.00. The van der Waals surface area contributed by atoms with E-state index >= 15 is 0 Å². The lowest BCUT2D eigenvalue weighted by Gasteiger charge is -2.24. The van der Waals surface area contributed by atoms with E-state index < -0.39 is 0 Å². The Morgan fingerprint density at radius 1 is 1.11 bits per heavy atom. The fourth-order valence-electron chi connectivity index (χ4n) is 3.91. The Morgan fingerprint density at radius 2 is 1.86 bits per heavy atom. The number of benzene rings is 1. The van der Waals surface area contributed by atoms with E-state index in [4.69, 9.17) is 0 Å². The number of hydrogen-bond acceptors (Lipinski definition) is 4. The molecule has 0 aliphatic carbocycles. The molecule has 3 amide bonds. The summed E-state index contributed by atoms with van der Waals surface area (Å²) in [6.45, 7) is 8.14. The quantitative estimate of drug-likeness (QED) is 0.820. The molecule has 152 valence electrons. The summed E-state index contributed by atoms with van der Waals surface area (Å²) in [5, 5.41) is 2.82. The minimum absolute atomic E-state index is 0.00916. The lowest BCUT2D eigenvalue weighted by molar-refractivity contribution is -0.135. The van der Waals surface area contributed by atoms with Crippen molar-refractivity contribution in [2.45, 2.75) is 26.7 Å². The number of likely N-dealkylation sites (N-methyl/N-ethyl adjacent to an activating group) is 1. The molecule has 2 aliphatic rings. The number of carbonyl (C=O) groups is 3. The molecule has 3 rings (SSSR count). The molecule has 0 saturated carbocycles. The Labute approximate surface area is 166 Å². The highest BCUT2D eigenvalue weighted by molar-refractivity contribution is 6.00. The van der Waals surface area contributed by atoms with Gasteiger partial charge in [0.25, 0.3) is 0 Å². The SMILES string of the molecule is CCNC(=O)CN1CCCN(C(=O)C2CC(=O)N(c3ccc(C)cc3)C2)CC1. The zero-order valence-corrected chi connectivity index (χ0v) is 16.8. The monoisotopic (exact) mass is 386 g/mol. The van der Waals surface area contributed by atoms with Gasteiger partial charge < -0.3 is 15.1 Å². The molecule has 1 N–H and O–H groups in total. The maximum Gasteiger partial charge on any atom is 0.234 e. The maximum atomic E-state index is 13.0. The predicted molar refractivity (Wildman–Crippen MR) is 108 cm³/mol. The number of carbonyl (C=O) groups excluding carboxylic acids is 3. The number of nitrogens with zero attached hydrogens (tertiary/aromatic N) is 3. The van der Waals surface area contributed by atoms with Gasteiger partial charge in [0.2, 0.25) is 17.7 Å². The molecular formula is C21H30N4O3. The number of anilines is 1. The van der Waals surface area contributed by atoms with Crippen molar-refractivity contribution in [3.63, 3.8) is 0 Å². The lowest BCUT2D eigenvalue weighted by atomic mass is 10.1. The fraction of sp³-hybridized carbons (Fsp3) is 0.571. The van der Waals surface area contributed by atoms with Gasteiger partial charge in [0.05, 0.1) is 12.5 Å². The first kappa shape index (κ1) is 20.3. The van der Waals surface area contributed by atoms with Crippen molar-refractivity contribution in [1.29, 1.82) is 0 Å². The minimum atomic E-state index is -0.288. The van der Waals surface area contributed by atoms with Crippen molar-refractivity contribution in [3.8, 4) is 0 Å². The van der Waals surface area contributed by atoms with E-state index in [-0.39, 0.29) is 30.1 Å². The van der Waals surface area contributed by atoms with Gasteiger partial charge in [-0.1, -0.05) is 17.7 Å². The molecule has 2 heterocycles. The average molecular weight is 386 g/mol. The summed E-state index contributed by atoms with van der Waals surface area (Å²) in [4.78, 5) is 43.0.